The van der Waals surface area contributed by atoms with E-state index in [0.29, 0.717) is 11.4 Å². The molecule has 0 aliphatic heterocycles. The van der Waals surface area contributed by atoms with Crippen LogP contribution in [0.15, 0.2) is 42.5 Å². The van der Waals surface area contributed by atoms with Crippen molar-refractivity contribution in [2.24, 2.45) is 0 Å². The highest BCUT2D eigenvalue weighted by atomic mass is 16.2. The Morgan fingerprint density at radius 3 is 2.57 bits per heavy atom. The first-order valence-electron chi connectivity index (χ1n) is 6.90. The van der Waals surface area contributed by atoms with Crippen LogP contribution >= 0.6 is 0 Å². The fraction of sp³-hybridized carbons (Fsp3) is 0.235. The highest BCUT2D eigenvalue weighted by Gasteiger charge is 2.10. The highest BCUT2D eigenvalue weighted by molar-refractivity contribution is 5.97. The largest absolute Gasteiger partial charge is 0.397 e. The lowest BCUT2D eigenvalue weighted by Gasteiger charge is -2.20. The molecule has 21 heavy (non-hydrogen) atoms. The van der Waals surface area contributed by atoms with Crippen molar-refractivity contribution in [3.05, 3.63) is 53.6 Å². The summed E-state index contributed by atoms with van der Waals surface area (Å²) in [4.78, 5) is 14.1. The Hall–Kier alpha value is -2.49. The zero-order valence-corrected chi connectivity index (χ0v) is 12.7. The summed E-state index contributed by atoms with van der Waals surface area (Å²) >= 11 is 0. The molecule has 0 saturated heterocycles. The van der Waals surface area contributed by atoms with Gasteiger partial charge in [-0.25, -0.2) is 0 Å². The summed E-state index contributed by atoms with van der Waals surface area (Å²) in [5.74, 6) is -0.0833. The molecule has 0 bridgehead atoms. The smallest absolute Gasteiger partial charge is 0.243 e. The van der Waals surface area contributed by atoms with Crippen LogP contribution in [0.3, 0.4) is 0 Å². The summed E-state index contributed by atoms with van der Waals surface area (Å²) in [5.41, 5.74) is 10.3. The van der Waals surface area contributed by atoms with Gasteiger partial charge in [-0.15, -0.1) is 0 Å². The van der Waals surface area contributed by atoms with Crippen molar-refractivity contribution >= 4 is 23.0 Å². The quantitative estimate of drug-likeness (QED) is 0.848. The number of likely N-dealkylation sites (N-methyl/N-ethyl adjacent to an activating group) is 1. The van der Waals surface area contributed by atoms with E-state index < -0.39 is 0 Å². The van der Waals surface area contributed by atoms with Crippen molar-refractivity contribution in [2.45, 2.75) is 13.8 Å². The predicted octanol–water partition coefficient (Wildman–Crippen LogP) is 2.96. The molecule has 0 aromatic heterocycles. The fourth-order valence-corrected chi connectivity index (χ4v) is 2.21. The molecule has 0 atom stereocenters. The van der Waals surface area contributed by atoms with Crippen molar-refractivity contribution < 1.29 is 4.79 Å². The number of hydrogen-bond acceptors (Lipinski definition) is 3. The number of nitrogens with two attached hydrogens (primary N) is 1. The van der Waals surface area contributed by atoms with Crippen molar-refractivity contribution in [2.75, 3.05) is 29.5 Å². The van der Waals surface area contributed by atoms with E-state index in [-0.39, 0.29) is 12.5 Å². The number of para-hydroxylation sites is 1. The van der Waals surface area contributed by atoms with E-state index in [2.05, 4.69) is 11.4 Å². The average Bonchev–Trinajstić information content (AvgIpc) is 2.43. The molecule has 110 valence electrons. The van der Waals surface area contributed by atoms with Crippen molar-refractivity contribution in [1.82, 2.24) is 0 Å². The molecule has 0 fully saturated rings. The maximum atomic E-state index is 12.2. The molecule has 2 aromatic rings. The molecular formula is C17H21N3O. The van der Waals surface area contributed by atoms with Crippen molar-refractivity contribution in [3.63, 3.8) is 0 Å². The topological polar surface area (TPSA) is 58.4 Å². The zero-order chi connectivity index (χ0) is 15.4. The number of nitrogen functional groups attached to an aromatic ring is 1. The maximum absolute atomic E-state index is 12.2. The van der Waals surface area contributed by atoms with Crippen LogP contribution in [0.1, 0.15) is 11.1 Å². The second-order valence-electron chi connectivity index (χ2n) is 5.28. The van der Waals surface area contributed by atoms with E-state index in [4.69, 9.17) is 5.73 Å². The Morgan fingerprint density at radius 2 is 1.90 bits per heavy atom. The molecule has 0 heterocycles. The van der Waals surface area contributed by atoms with Gasteiger partial charge >= 0.3 is 0 Å². The number of anilines is 3. The first-order valence-corrected chi connectivity index (χ1v) is 6.90. The normalized spacial score (nSPS) is 10.2. The van der Waals surface area contributed by atoms with Crippen LogP contribution in [0.4, 0.5) is 17.1 Å². The summed E-state index contributed by atoms with van der Waals surface area (Å²) in [6.45, 7) is 4.24. The van der Waals surface area contributed by atoms with Crippen LogP contribution in [-0.4, -0.2) is 19.5 Å². The molecule has 2 aromatic carbocycles. The Balaban J connectivity index is 2.05. The number of amides is 1. The molecule has 0 radical (unpaired) electrons. The monoisotopic (exact) mass is 283 g/mol. The average molecular weight is 283 g/mol. The van der Waals surface area contributed by atoms with Gasteiger partial charge in [-0.05, 0) is 43.2 Å². The van der Waals surface area contributed by atoms with Gasteiger partial charge in [0.1, 0.15) is 0 Å². The number of hydrogen-bond donors (Lipinski definition) is 2. The van der Waals surface area contributed by atoms with E-state index in [1.807, 2.05) is 56.1 Å². The predicted molar refractivity (Wildman–Crippen MR) is 88.7 cm³/mol. The minimum absolute atomic E-state index is 0.0833. The lowest BCUT2D eigenvalue weighted by molar-refractivity contribution is -0.114. The number of nitrogens with one attached hydrogen (secondary N) is 1. The third-order valence-electron chi connectivity index (χ3n) is 3.39. The van der Waals surface area contributed by atoms with Gasteiger partial charge in [0.05, 0.1) is 17.9 Å². The Labute approximate surface area is 125 Å². The molecule has 0 aliphatic carbocycles. The van der Waals surface area contributed by atoms with Crippen LogP contribution in [0, 0.1) is 13.8 Å². The van der Waals surface area contributed by atoms with Gasteiger partial charge in [0.15, 0.2) is 0 Å². The first kappa shape index (κ1) is 14.9. The molecule has 4 nitrogen and oxygen atoms in total. The number of benzene rings is 2. The lowest BCUT2D eigenvalue weighted by atomic mass is 10.1. The fourth-order valence-electron chi connectivity index (χ4n) is 2.21. The molecule has 3 N–H and O–H groups in total. The van der Waals surface area contributed by atoms with E-state index in [9.17, 15) is 4.79 Å². The second-order valence-corrected chi connectivity index (χ2v) is 5.28. The van der Waals surface area contributed by atoms with Crippen LogP contribution in [0.5, 0.6) is 0 Å². The molecule has 4 heteroatoms. The minimum Gasteiger partial charge on any atom is -0.397 e. The first-order chi connectivity index (χ1) is 9.97. The number of aryl methyl sites for hydroxylation is 2. The number of carbonyl (C=O) groups is 1. The lowest BCUT2D eigenvalue weighted by Crippen LogP contribution is -2.30. The standard InChI is InChI=1S/C17H21N3O/c1-12-6-4-8-14(10-12)20(3)11-16(21)19-17-13(2)7-5-9-15(17)18/h4-10H,11,18H2,1-3H3,(H,19,21). The van der Waals surface area contributed by atoms with Crippen LogP contribution in [0.25, 0.3) is 0 Å². The summed E-state index contributed by atoms with van der Waals surface area (Å²) in [5, 5.41) is 2.89. The van der Waals surface area contributed by atoms with Crippen molar-refractivity contribution in [3.8, 4) is 0 Å². The van der Waals surface area contributed by atoms with Gasteiger partial charge in [0.25, 0.3) is 0 Å². The zero-order valence-electron chi connectivity index (χ0n) is 12.7. The van der Waals surface area contributed by atoms with Gasteiger partial charge < -0.3 is 16.0 Å². The molecule has 0 unspecified atom stereocenters. The second kappa shape index (κ2) is 6.31. The number of nitrogens with zero attached hydrogens (tertiary/aromatic N) is 1. The van der Waals surface area contributed by atoms with E-state index >= 15 is 0 Å². The number of carbonyl (C=O) groups excluding carboxylic acids is 1. The molecule has 1 amide bonds. The Bertz CT molecular complexity index is 632. The third kappa shape index (κ3) is 3.75. The van der Waals surface area contributed by atoms with Gasteiger partial charge in [-0.1, -0.05) is 24.3 Å². The summed E-state index contributed by atoms with van der Waals surface area (Å²) in [6.07, 6.45) is 0. The summed E-state index contributed by atoms with van der Waals surface area (Å²) < 4.78 is 0. The molecule has 2 rings (SSSR count). The molecule has 0 aliphatic rings. The van der Waals surface area contributed by atoms with E-state index in [0.717, 1.165) is 11.3 Å². The van der Waals surface area contributed by atoms with E-state index in [1.165, 1.54) is 5.56 Å². The van der Waals surface area contributed by atoms with Gasteiger partial charge in [-0.2, -0.15) is 0 Å². The van der Waals surface area contributed by atoms with Gasteiger partial charge in [0, 0.05) is 12.7 Å². The Morgan fingerprint density at radius 1 is 1.19 bits per heavy atom. The molecular weight excluding hydrogens is 262 g/mol. The van der Waals surface area contributed by atoms with Crippen LogP contribution in [0.2, 0.25) is 0 Å². The highest BCUT2D eigenvalue weighted by Crippen LogP contribution is 2.22. The maximum Gasteiger partial charge on any atom is 0.243 e. The Kier molecular flexibility index (Phi) is 4.48. The van der Waals surface area contributed by atoms with Crippen LogP contribution < -0.4 is 16.0 Å². The van der Waals surface area contributed by atoms with Crippen molar-refractivity contribution in [1.29, 1.82) is 0 Å². The van der Waals surface area contributed by atoms with Gasteiger partial charge in [0.2, 0.25) is 5.91 Å². The van der Waals surface area contributed by atoms with Crippen LogP contribution in [-0.2, 0) is 4.79 Å². The minimum atomic E-state index is -0.0833. The van der Waals surface area contributed by atoms with E-state index in [1.54, 1.807) is 6.07 Å². The SMILES string of the molecule is Cc1cccc(N(C)CC(=O)Nc2c(C)cccc2N)c1. The number of rotatable bonds is 4. The third-order valence-corrected chi connectivity index (χ3v) is 3.39. The molecule has 0 saturated carbocycles. The summed E-state index contributed by atoms with van der Waals surface area (Å²) in [6, 6.07) is 13.6. The summed E-state index contributed by atoms with van der Waals surface area (Å²) in [7, 11) is 1.90. The molecule has 0 spiro atoms. The van der Waals surface area contributed by atoms with Gasteiger partial charge in [-0.3, -0.25) is 4.79 Å².